The molecule has 1 aliphatic heterocycles. The van der Waals surface area contributed by atoms with Gasteiger partial charge in [0.2, 0.25) is 0 Å². The van der Waals surface area contributed by atoms with Crippen molar-refractivity contribution < 1.29 is 9.47 Å². The van der Waals surface area contributed by atoms with E-state index < -0.39 is 0 Å². The second-order valence-corrected chi connectivity index (χ2v) is 4.77. The van der Waals surface area contributed by atoms with Crippen molar-refractivity contribution in [3.63, 3.8) is 0 Å². The topological polar surface area (TPSA) is 54.3 Å². The van der Waals surface area contributed by atoms with Crippen LogP contribution in [-0.4, -0.2) is 32.5 Å². The van der Waals surface area contributed by atoms with Gasteiger partial charge in [-0.25, -0.2) is 0 Å². The Hall–Kier alpha value is -2.09. The Bertz CT molecular complexity index is 642. The Balaban J connectivity index is 1.83. The van der Waals surface area contributed by atoms with Gasteiger partial charge in [0.15, 0.2) is 0 Å². The van der Waals surface area contributed by atoms with E-state index in [0.29, 0.717) is 31.9 Å². The number of hydrogen-bond acceptors (Lipinski definition) is 4. The van der Waals surface area contributed by atoms with E-state index in [1.165, 1.54) is 0 Å². The molecule has 4 heteroatoms. The Kier molecular flexibility index (Phi) is 3.82. The molecule has 1 fully saturated rings. The van der Waals surface area contributed by atoms with E-state index in [0.717, 1.165) is 16.5 Å². The van der Waals surface area contributed by atoms with Crippen LogP contribution in [-0.2, 0) is 9.47 Å². The SMILES string of the molecule is N#Cc1ccc(NCC2COCCO2)c2ccccc12. The minimum atomic E-state index is 0.0816. The van der Waals surface area contributed by atoms with E-state index in [9.17, 15) is 0 Å². The molecule has 20 heavy (non-hydrogen) atoms. The number of fused-ring (bicyclic) bond motifs is 1. The highest BCUT2D eigenvalue weighted by molar-refractivity contribution is 5.97. The van der Waals surface area contributed by atoms with Crippen LogP contribution in [0.4, 0.5) is 5.69 Å². The Morgan fingerprint density at radius 2 is 2.00 bits per heavy atom. The van der Waals surface area contributed by atoms with E-state index in [4.69, 9.17) is 14.7 Å². The van der Waals surface area contributed by atoms with Crippen molar-refractivity contribution in [2.75, 3.05) is 31.7 Å². The van der Waals surface area contributed by atoms with E-state index in [1.54, 1.807) is 0 Å². The molecule has 0 bridgehead atoms. The minimum absolute atomic E-state index is 0.0816. The van der Waals surface area contributed by atoms with Gasteiger partial charge in [-0.05, 0) is 12.1 Å². The third-order valence-corrected chi connectivity index (χ3v) is 3.45. The number of rotatable bonds is 3. The minimum Gasteiger partial charge on any atom is -0.382 e. The summed E-state index contributed by atoms with van der Waals surface area (Å²) in [5.74, 6) is 0. The first-order chi connectivity index (χ1) is 9.88. The van der Waals surface area contributed by atoms with Crippen LogP contribution < -0.4 is 5.32 Å². The van der Waals surface area contributed by atoms with Gasteiger partial charge in [0.05, 0.1) is 37.6 Å². The van der Waals surface area contributed by atoms with Crippen molar-refractivity contribution in [3.8, 4) is 6.07 Å². The summed E-state index contributed by atoms with van der Waals surface area (Å²) in [5.41, 5.74) is 1.72. The number of nitrogens with one attached hydrogen (secondary N) is 1. The maximum Gasteiger partial charge on any atom is 0.0998 e. The second kappa shape index (κ2) is 5.91. The van der Waals surface area contributed by atoms with Crippen molar-refractivity contribution in [1.82, 2.24) is 0 Å². The lowest BCUT2D eigenvalue weighted by Gasteiger charge is -2.23. The smallest absolute Gasteiger partial charge is 0.0998 e. The zero-order valence-electron chi connectivity index (χ0n) is 11.1. The van der Waals surface area contributed by atoms with Crippen LogP contribution in [0.5, 0.6) is 0 Å². The van der Waals surface area contributed by atoms with Crippen molar-refractivity contribution in [3.05, 3.63) is 42.0 Å². The fraction of sp³-hybridized carbons (Fsp3) is 0.312. The van der Waals surface area contributed by atoms with Crippen LogP contribution in [0.2, 0.25) is 0 Å². The lowest BCUT2D eigenvalue weighted by atomic mass is 10.0. The fourth-order valence-electron chi connectivity index (χ4n) is 2.43. The van der Waals surface area contributed by atoms with Gasteiger partial charge in [0.25, 0.3) is 0 Å². The summed E-state index contributed by atoms with van der Waals surface area (Å²) in [6.45, 7) is 2.66. The van der Waals surface area contributed by atoms with Crippen LogP contribution >= 0.6 is 0 Å². The van der Waals surface area contributed by atoms with Gasteiger partial charge in [-0.1, -0.05) is 24.3 Å². The van der Waals surface area contributed by atoms with Crippen molar-refractivity contribution in [1.29, 1.82) is 5.26 Å². The van der Waals surface area contributed by atoms with Gasteiger partial charge in [0.1, 0.15) is 0 Å². The first-order valence-electron chi connectivity index (χ1n) is 6.73. The molecule has 1 aliphatic rings. The van der Waals surface area contributed by atoms with Crippen LogP contribution in [0.15, 0.2) is 36.4 Å². The van der Waals surface area contributed by atoms with Crippen molar-refractivity contribution >= 4 is 16.5 Å². The molecule has 2 aromatic carbocycles. The summed E-state index contributed by atoms with van der Waals surface area (Å²) in [6.07, 6.45) is 0.0816. The number of ether oxygens (including phenoxy) is 2. The molecule has 2 aromatic rings. The van der Waals surface area contributed by atoms with E-state index >= 15 is 0 Å². The normalized spacial score (nSPS) is 18.6. The summed E-state index contributed by atoms with van der Waals surface area (Å²) >= 11 is 0. The summed E-state index contributed by atoms with van der Waals surface area (Å²) in [4.78, 5) is 0. The molecule has 1 saturated heterocycles. The molecule has 1 heterocycles. The molecular weight excluding hydrogens is 252 g/mol. The maximum atomic E-state index is 9.15. The highest BCUT2D eigenvalue weighted by Gasteiger charge is 2.14. The average Bonchev–Trinajstić information content (AvgIpc) is 2.53. The van der Waals surface area contributed by atoms with Crippen LogP contribution in [0.1, 0.15) is 5.56 Å². The predicted octanol–water partition coefficient (Wildman–Crippen LogP) is 2.54. The Labute approximate surface area is 117 Å². The molecule has 0 saturated carbocycles. The molecule has 1 atom stereocenters. The summed E-state index contributed by atoms with van der Waals surface area (Å²) < 4.78 is 11.0. The quantitative estimate of drug-likeness (QED) is 0.929. The molecule has 0 radical (unpaired) electrons. The molecule has 3 rings (SSSR count). The van der Waals surface area contributed by atoms with Crippen molar-refractivity contribution in [2.45, 2.75) is 6.10 Å². The monoisotopic (exact) mass is 268 g/mol. The number of hydrogen-bond donors (Lipinski definition) is 1. The van der Waals surface area contributed by atoms with Gasteiger partial charge < -0.3 is 14.8 Å². The summed E-state index contributed by atoms with van der Waals surface area (Å²) in [7, 11) is 0. The first kappa shape index (κ1) is 12.9. The molecule has 0 aromatic heterocycles. The second-order valence-electron chi connectivity index (χ2n) is 4.77. The highest BCUT2D eigenvalue weighted by atomic mass is 16.6. The molecule has 0 amide bonds. The number of benzene rings is 2. The fourth-order valence-corrected chi connectivity index (χ4v) is 2.43. The third-order valence-electron chi connectivity index (χ3n) is 3.45. The molecule has 0 aliphatic carbocycles. The van der Waals surface area contributed by atoms with Gasteiger partial charge in [-0.15, -0.1) is 0 Å². The van der Waals surface area contributed by atoms with Gasteiger partial charge in [-0.3, -0.25) is 0 Å². The first-order valence-corrected chi connectivity index (χ1v) is 6.73. The number of nitriles is 1. The Morgan fingerprint density at radius 1 is 1.15 bits per heavy atom. The summed E-state index contributed by atoms with van der Waals surface area (Å²) in [5, 5.41) is 14.6. The molecule has 0 spiro atoms. The lowest BCUT2D eigenvalue weighted by molar-refractivity contribution is -0.0818. The van der Waals surface area contributed by atoms with E-state index in [1.807, 2.05) is 36.4 Å². The van der Waals surface area contributed by atoms with Crippen LogP contribution in [0.25, 0.3) is 10.8 Å². The molecular formula is C16H16N2O2. The predicted molar refractivity (Wildman–Crippen MR) is 77.7 cm³/mol. The molecule has 1 unspecified atom stereocenters. The summed E-state index contributed by atoms with van der Waals surface area (Å²) in [6, 6.07) is 14.0. The lowest BCUT2D eigenvalue weighted by Crippen LogP contribution is -2.34. The molecule has 102 valence electrons. The average molecular weight is 268 g/mol. The van der Waals surface area contributed by atoms with E-state index in [2.05, 4.69) is 11.4 Å². The van der Waals surface area contributed by atoms with Gasteiger partial charge in [-0.2, -0.15) is 5.26 Å². The molecule has 1 N–H and O–H groups in total. The molecule has 4 nitrogen and oxygen atoms in total. The number of anilines is 1. The van der Waals surface area contributed by atoms with Crippen LogP contribution in [0.3, 0.4) is 0 Å². The van der Waals surface area contributed by atoms with Crippen LogP contribution in [0, 0.1) is 11.3 Å². The third kappa shape index (κ3) is 2.60. The zero-order valence-corrected chi connectivity index (χ0v) is 11.1. The maximum absolute atomic E-state index is 9.15. The standard InChI is InChI=1S/C16H16N2O2/c17-9-12-5-6-16(15-4-2-1-3-14(12)15)18-10-13-11-19-7-8-20-13/h1-6,13,18H,7-8,10-11H2. The van der Waals surface area contributed by atoms with Crippen molar-refractivity contribution in [2.24, 2.45) is 0 Å². The number of nitrogens with zero attached hydrogens (tertiary/aromatic N) is 1. The largest absolute Gasteiger partial charge is 0.382 e. The van der Waals surface area contributed by atoms with Gasteiger partial charge in [0, 0.05) is 23.0 Å². The van der Waals surface area contributed by atoms with Gasteiger partial charge >= 0.3 is 0 Å². The van der Waals surface area contributed by atoms with E-state index in [-0.39, 0.29) is 6.10 Å². The highest BCUT2D eigenvalue weighted by Crippen LogP contribution is 2.26. The zero-order chi connectivity index (χ0) is 13.8. The Morgan fingerprint density at radius 3 is 2.75 bits per heavy atom.